The number of alkyl halides is 2. The smallest absolute Gasteiger partial charge is 0.387 e. The van der Waals surface area contributed by atoms with Crippen molar-refractivity contribution >= 4 is 5.91 Å². The highest BCUT2D eigenvalue weighted by atomic mass is 19.3. The molecule has 0 aliphatic rings. The van der Waals surface area contributed by atoms with Crippen LogP contribution in [0.5, 0.6) is 5.75 Å². The molecule has 0 atom stereocenters. The van der Waals surface area contributed by atoms with Crippen LogP contribution in [0.4, 0.5) is 13.2 Å². The molecule has 0 saturated carbocycles. The summed E-state index contributed by atoms with van der Waals surface area (Å²) in [4.78, 5) is 12.1. The number of nitrogens with zero attached hydrogens (tertiary/aromatic N) is 2. The number of carbonyl (C=O) groups is 1. The molecule has 0 fully saturated rings. The van der Waals surface area contributed by atoms with Gasteiger partial charge in [-0.05, 0) is 26.0 Å². The van der Waals surface area contributed by atoms with Gasteiger partial charge < -0.3 is 10.1 Å². The van der Waals surface area contributed by atoms with E-state index in [2.05, 4.69) is 15.2 Å². The molecule has 1 aromatic heterocycles. The minimum absolute atomic E-state index is 0.0744. The number of carbonyl (C=O) groups excluding carboxylic acids is 1. The molecule has 5 nitrogen and oxygen atoms in total. The highest BCUT2D eigenvalue weighted by Gasteiger charge is 2.16. The monoisotopic (exact) mass is 341 g/mol. The fourth-order valence-corrected chi connectivity index (χ4v) is 2.40. The first kappa shape index (κ1) is 17.8. The summed E-state index contributed by atoms with van der Waals surface area (Å²) in [5, 5.41) is 6.74. The van der Waals surface area contributed by atoms with Crippen LogP contribution < -0.4 is 10.1 Å². The number of hydrogen-bond acceptors (Lipinski definition) is 3. The lowest BCUT2D eigenvalue weighted by molar-refractivity contribution is -0.120. The normalized spacial score (nSPS) is 11.0. The van der Waals surface area contributed by atoms with E-state index < -0.39 is 12.4 Å². The molecular weight excluding hydrogens is 323 g/mol. The molecule has 1 amide bonds. The van der Waals surface area contributed by atoms with Gasteiger partial charge in [-0.25, -0.2) is 4.39 Å². The van der Waals surface area contributed by atoms with Crippen LogP contribution >= 0.6 is 0 Å². The van der Waals surface area contributed by atoms with Crippen LogP contribution in [-0.4, -0.2) is 22.3 Å². The summed E-state index contributed by atoms with van der Waals surface area (Å²) in [7, 11) is 1.77. The number of hydrogen-bond donors (Lipinski definition) is 1. The first-order valence-electron chi connectivity index (χ1n) is 7.27. The first-order valence-corrected chi connectivity index (χ1v) is 7.27. The summed E-state index contributed by atoms with van der Waals surface area (Å²) in [6.45, 7) is 0.322. The van der Waals surface area contributed by atoms with Gasteiger partial charge in [0.05, 0.1) is 12.1 Å². The van der Waals surface area contributed by atoms with Crippen molar-refractivity contribution in [2.24, 2.45) is 7.05 Å². The second kappa shape index (κ2) is 7.37. The average molecular weight is 341 g/mol. The van der Waals surface area contributed by atoms with Gasteiger partial charge in [0.2, 0.25) is 5.91 Å². The fraction of sp³-hybridized carbons (Fsp3) is 0.375. The molecule has 1 heterocycles. The maximum absolute atomic E-state index is 13.8. The number of rotatable bonds is 6. The number of amides is 1. The SMILES string of the molecule is Cc1nn(C)c(C)c1CC(=O)NCc1c(F)cccc1OC(F)F. The Morgan fingerprint density at radius 1 is 1.33 bits per heavy atom. The lowest BCUT2D eigenvalue weighted by Crippen LogP contribution is -2.26. The van der Waals surface area contributed by atoms with E-state index in [1.807, 2.05) is 6.92 Å². The minimum Gasteiger partial charge on any atom is -0.434 e. The van der Waals surface area contributed by atoms with Crippen LogP contribution in [0.25, 0.3) is 0 Å². The highest BCUT2D eigenvalue weighted by Crippen LogP contribution is 2.23. The molecule has 0 spiro atoms. The van der Waals surface area contributed by atoms with Crippen molar-refractivity contribution in [3.63, 3.8) is 0 Å². The molecule has 0 bridgehead atoms. The molecule has 2 aromatic rings. The molecule has 0 aliphatic heterocycles. The molecule has 130 valence electrons. The maximum atomic E-state index is 13.8. The molecule has 0 saturated heterocycles. The van der Waals surface area contributed by atoms with Crippen molar-refractivity contribution in [1.82, 2.24) is 15.1 Å². The molecule has 2 rings (SSSR count). The summed E-state index contributed by atoms with van der Waals surface area (Å²) in [5.74, 6) is -1.37. The lowest BCUT2D eigenvalue weighted by atomic mass is 10.1. The van der Waals surface area contributed by atoms with Gasteiger partial charge in [-0.15, -0.1) is 0 Å². The third kappa shape index (κ3) is 4.06. The van der Waals surface area contributed by atoms with E-state index in [4.69, 9.17) is 0 Å². The van der Waals surface area contributed by atoms with Crippen LogP contribution in [0.15, 0.2) is 18.2 Å². The van der Waals surface area contributed by atoms with Crippen LogP contribution in [0.3, 0.4) is 0 Å². The second-order valence-corrected chi connectivity index (χ2v) is 5.32. The van der Waals surface area contributed by atoms with Gasteiger partial charge in [-0.2, -0.15) is 13.9 Å². The lowest BCUT2D eigenvalue weighted by Gasteiger charge is -2.12. The molecule has 0 radical (unpaired) electrons. The summed E-state index contributed by atoms with van der Waals surface area (Å²) >= 11 is 0. The molecule has 8 heteroatoms. The molecule has 1 N–H and O–H groups in total. The topological polar surface area (TPSA) is 56.2 Å². The Labute approximate surface area is 137 Å². The standard InChI is InChI=1S/C16H18F3N3O2/c1-9-11(10(2)22(3)21-9)7-15(23)20-8-12-13(17)5-4-6-14(12)24-16(18)19/h4-6,16H,7-8H2,1-3H3,(H,20,23). The van der Waals surface area contributed by atoms with Crippen molar-refractivity contribution in [2.45, 2.75) is 33.4 Å². The van der Waals surface area contributed by atoms with Gasteiger partial charge in [0.25, 0.3) is 0 Å². The van der Waals surface area contributed by atoms with Crippen LogP contribution in [0.1, 0.15) is 22.5 Å². The van der Waals surface area contributed by atoms with E-state index in [1.165, 1.54) is 12.1 Å². The summed E-state index contributed by atoms with van der Waals surface area (Å²) in [6, 6.07) is 3.61. The number of halogens is 3. The summed E-state index contributed by atoms with van der Waals surface area (Å²) in [6.07, 6.45) is 0.0744. The van der Waals surface area contributed by atoms with Crippen molar-refractivity contribution < 1.29 is 22.7 Å². The van der Waals surface area contributed by atoms with Gasteiger partial charge in [0.15, 0.2) is 0 Å². The highest BCUT2D eigenvalue weighted by molar-refractivity contribution is 5.79. The number of benzene rings is 1. The molecule has 0 unspecified atom stereocenters. The number of aryl methyl sites for hydroxylation is 2. The van der Waals surface area contributed by atoms with Gasteiger partial charge >= 0.3 is 6.61 Å². The Balaban J connectivity index is 2.07. The van der Waals surface area contributed by atoms with Gasteiger partial charge in [-0.3, -0.25) is 9.48 Å². The van der Waals surface area contributed by atoms with Gasteiger partial charge in [0.1, 0.15) is 11.6 Å². The number of nitrogens with one attached hydrogen (secondary N) is 1. The van der Waals surface area contributed by atoms with Crippen molar-refractivity contribution in [3.8, 4) is 5.75 Å². The Morgan fingerprint density at radius 2 is 2.04 bits per heavy atom. The summed E-state index contributed by atoms with van der Waals surface area (Å²) < 4.78 is 44.5. The largest absolute Gasteiger partial charge is 0.434 e. The van der Waals surface area contributed by atoms with E-state index in [0.29, 0.717) is 0 Å². The van der Waals surface area contributed by atoms with E-state index in [9.17, 15) is 18.0 Å². The van der Waals surface area contributed by atoms with E-state index in [0.717, 1.165) is 23.0 Å². The van der Waals surface area contributed by atoms with Crippen LogP contribution in [-0.2, 0) is 24.8 Å². The van der Waals surface area contributed by atoms with Crippen molar-refractivity contribution in [3.05, 3.63) is 46.5 Å². The third-order valence-corrected chi connectivity index (χ3v) is 3.75. The van der Waals surface area contributed by atoms with Crippen LogP contribution in [0, 0.1) is 19.7 Å². The molecular formula is C16H18F3N3O2. The zero-order valence-electron chi connectivity index (χ0n) is 13.6. The zero-order valence-corrected chi connectivity index (χ0v) is 13.6. The second-order valence-electron chi connectivity index (χ2n) is 5.32. The zero-order chi connectivity index (χ0) is 17.9. The molecule has 0 aliphatic carbocycles. The van der Waals surface area contributed by atoms with E-state index in [-0.39, 0.29) is 30.2 Å². The summed E-state index contributed by atoms with van der Waals surface area (Å²) in [5.41, 5.74) is 2.26. The third-order valence-electron chi connectivity index (χ3n) is 3.75. The minimum atomic E-state index is -3.07. The quantitative estimate of drug-likeness (QED) is 0.879. The Morgan fingerprint density at radius 3 is 2.62 bits per heavy atom. The number of aromatic nitrogens is 2. The average Bonchev–Trinajstić information content (AvgIpc) is 2.72. The van der Waals surface area contributed by atoms with Gasteiger partial charge in [0, 0.05) is 30.4 Å². The fourth-order valence-electron chi connectivity index (χ4n) is 2.40. The van der Waals surface area contributed by atoms with E-state index in [1.54, 1.807) is 18.7 Å². The van der Waals surface area contributed by atoms with Crippen LogP contribution in [0.2, 0.25) is 0 Å². The van der Waals surface area contributed by atoms with E-state index >= 15 is 0 Å². The maximum Gasteiger partial charge on any atom is 0.387 e. The van der Waals surface area contributed by atoms with Crippen molar-refractivity contribution in [2.75, 3.05) is 0 Å². The Kier molecular flexibility index (Phi) is 5.48. The predicted molar refractivity (Wildman–Crippen MR) is 81.3 cm³/mol. The molecule has 1 aromatic carbocycles. The van der Waals surface area contributed by atoms with Crippen molar-refractivity contribution in [1.29, 1.82) is 0 Å². The Bertz CT molecular complexity index is 744. The van der Waals surface area contributed by atoms with Gasteiger partial charge in [-0.1, -0.05) is 6.07 Å². The number of ether oxygens (including phenoxy) is 1. The Hall–Kier alpha value is -2.51. The predicted octanol–water partition coefficient (Wildman–Crippen LogP) is 2.64. The first-order chi connectivity index (χ1) is 11.3. The molecule has 24 heavy (non-hydrogen) atoms.